The Kier molecular flexibility index (Phi) is 5.51. The van der Waals surface area contributed by atoms with Crippen molar-refractivity contribution in [3.05, 3.63) is 106 Å². The van der Waals surface area contributed by atoms with Crippen molar-refractivity contribution in [3.63, 3.8) is 0 Å². The second kappa shape index (κ2) is 8.61. The van der Waals surface area contributed by atoms with Crippen LogP contribution >= 0.6 is 23.4 Å². The normalized spacial score (nSPS) is 11.2. The number of pyridine rings is 1. The van der Waals surface area contributed by atoms with Crippen LogP contribution in [0, 0.1) is 6.92 Å². The monoisotopic (exact) mass is 459 g/mol. The molecular formula is C24H18ClN5OS. The lowest BCUT2D eigenvalue weighted by molar-refractivity contribution is 0.884. The predicted molar refractivity (Wildman–Crippen MR) is 128 cm³/mol. The molecule has 2 aromatic carbocycles. The van der Waals surface area contributed by atoms with Crippen LogP contribution in [-0.4, -0.2) is 24.1 Å². The molecule has 0 aliphatic heterocycles. The van der Waals surface area contributed by atoms with Crippen molar-refractivity contribution in [2.24, 2.45) is 0 Å². The Morgan fingerprint density at radius 2 is 1.75 bits per heavy atom. The summed E-state index contributed by atoms with van der Waals surface area (Å²) in [5.41, 5.74) is 4.25. The summed E-state index contributed by atoms with van der Waals surface area (Å²) in [7, 11) is 0. The van der Waals surface area contributed by atoms with E-state index in [2.05, 4.69) is 27.3 Å². The maximum Gasteiger partial charge on any atom is 0.258 e. The number of halogens is 1. The Bertz CT molecular complexity index is 1460. The molecule has 3 heterocycles. The van der Waals surface area contributed by atoms with Crippen molar-refractivity contribution in [2.45, 2.75) is 17.8 Å². The Balaban J connectivity index is 1.53. The fourth-order valence-electron chi connectivity index (χ4n) is 3.39. The van der Waals surface area contributed by atoms with Crippen LogP contribution in [0.3, 0.4) is 0 Å². The van der Waals surface area contributed by atoms with Crippen LogP contribution in [0.1, 0.15) is 11.3 Å². The highest BCUT2D eigenvalue weighted by molar-refractivity contribution is 7.98. The Morgan fingerprint density at radius 1 is 0.969 bits per heavy atom. The number of aryl methyl sites for hydroxylation is 1. The van der Waals surface area contributed by atoms with Crippen LogP contribution in [0.15, 0.2) is 88.9 Å². The zero-order valence-corrected chi connectivity index (χ0v) is 18.7. The maximum atomic E-state index is 12.4. The SMILES string of the molecule is Cc1ccc(-c2nnc(SCc3cc(=O)n4ccccc4n3)n2-c2ccc(Cl)cc2)cc1. The third-order valence-electron chi connectivity index (χ3n) is 5.00. The first kappa shape index (κ1) is 20.5. The van der Waals surface area contributed by atoms with E-state index in [-0.39, 0.29) is 5.56 Å². The summed E-state index contributed by atoms with van der Waals surface area (Å²) >= 11 is 7.59. The summed E-state index contributed by atoms with van der Waals surface area (Å²) in [5.74, 6) is 1.22. The van der Waals surface area contributed by atoms with Crippen molar-refractivity contribution >= 4 is 29.0 Å². The first-order valence-corrected chi connectivity index (χ1v) is 11.3. The zero-order chi connectivity index (χ0) is 22.1. The van der Waals surface area contributed by atoms with Gasteiger partial charge in [0, 0.05) is 34.3 Å². The Morgan fingerprint density at radius 3 is 2.53 bits per heavy atom. The lowest BCUT2D eigenvalue weighted by Crippen LogP contribution is -2.14. The van der Waals surface area contributed by atoms with Crippen molar-refractivity contribution in [1.82, 2.24) is 24.1 Å². The Hall–Kier alpha value is -3.42. The van der Waals surface area contributed by atoms with E-state index >= 15 is 0 Å². The van der Waals surface area contributed by atoms with Gasteiger partial charge in [-0.15, -0.1) is 10.2 Å². The predicted octanol–water partition coefficient (Wildman–Crippen LogP) is 5.20. The molecule has 0 bridgehead atoms. The average molecular weight is 460 g/mol. The highest BCUT2D eigenvalue weighted by Gasteiger charge is 2.17. The molecule has 32 heavy (non-hydrogen) atoms. The third-order valence-corrected chi connectivity index (χ3v) is 6.22. The molecule has 0 saturated carbocycles. The zero-order valence-electron chi connectivity index (χ0n) is 17.1. The standard InChI is InChI=1S/C24H18ClN5OS/c1-16-5-7-17(8-6-16)23-27-28-24(30(23)20-11-9-18(25)10-12-20)32-15-19-14-22(31)29-13-3-2-4-21(29)26-19/h2-14H,15H2,1H3. The van der Waals surface area contributed by atoms with E-state index in [1.807, 2.05) is 66.1 Å². The van der Waals surface area contributed by atoms with Crippen molar-refractivity contribution in [2.75, 3.05) is 0 Å². The minimum Gasteiger partial charge on any atom is -0.270 e. The second-order valence-electron chi connectivity index (χ2n) is 7.29. The number of aromatic nitrogens is 5. The van der Waals surface area contributed by atoms with Crippen LogP contribution in [0.4, 0.5) is 0 Å². The number of thioether (sulfide) groups is 1. The van der Waals surface area contributed by atoms with Gasteiger partial charge < -0.3 is 0 Å². The summed E-state index contributed by atoms with van der Waals surface area (Å²) < 4.78 is 3.53. The van der Waals surface area contributed by atoms with Gasteiger partial charge >= 0.3 is 0 Å². The topological polar surface area (TPSA) is 65.1 Å². The highest BCUT2D eigenvalue weighted by Crippen LogP contribution is 2.30. The molecule has 0 radical (unpaired) electrons. The molecule has 5 rings (SSSR count). The molecule has 0 atom stereocenters. The van der Waals surface area contributed by atoms with Gasteiger partial charge in [-0.2, -0.15) is 0 Å². The van der Waals surface area contributed by atoms with E-state index in [1.54, 1.807) is 12.3 Å². The minimum absolute atomic E-state index is 0.106. The molecule has 0 fully saturated rings. The molecule has 0 aliphatic carbocycles. The summed E-state index contributed by atoms with van der Waals surface area (Å²) in [5, 5.41) is 10.3. The summed E-state index contributed by atoms with van der Waals surface area (Å²) in [6.45, 7) is 2.05. The largest absolute Gasteiger partial charge is 0.270 e. The molecule has 0 N–H and O–H groups in total. The average Bonchev–Trinajstić information content (AvgIpc) is 3.23. The van der Waals surface area contributed by atoms with Gasteiger partial charge in [0.2, 0.25) is 0 Å². The molecule has 0 saturated heterocycles. The number of rotatable bonds is 5. The lowest BCUT2D eigenvalue weighted by Gasteiger charge is -2.11. The number of nitrogens with zero attached hydrogens (tertiary/aromatic N) is 5. The van der Waals surface area contributed by atoms with E-state index in [9.17, 15) is 4.79 Å². The van der Waals surface area contributed by atoms with Crippen LogP contribution in [0.2, 0.25) is 5.02 Å². The summed E-state index contributed by atoms with van der Waals surface area (Å²) in [4.78, 5) is 17.0. The van der Waals surface area contributed by atoms with Crippen LogP contribution in [0.5, 0.6) is 0 Å². The number of hydrogen-bond acceptors (Lipinski definition) is 5. The molecule has 0 aliphatic rings. The van der Waals surface area contributed by atoms with Gasteiger partial charge in [0.25, 0.3) is 5.56 Å². The second-order valence-corrected chi connectivity index (χ2v) is 8.67. The molecule has 0 unspecified atom stereocenters. The molecular weight excluding hydrogens is 442 g/mol. The fraction of sp³-hybridized carbons (Fsp3) is 0.0833. The van der Waals surface area contributed by atoms with Crippen molar-refractivity contribution in [3.8, 4) is 17.1 Å². The summed E-state index contributed by atoms with van der Waals surface area (Å²) in [6, 6.07) is 22.8. The van der Waals surface area contributed by atoms with Gasteiger partial charge in [-0.05, 0) is 43.3 Å². The minimum atomic E-state index is -0.106. The molecule has 158 valence electrons. The molecule has 6 nitrogen and oxygen atoms in total. The van der Waals surface area contributed by atoms with Gasteiger partial charge in [-0.3, -0.25) is 13.8 Å². The van der Waals surface area contributed by atoms with Gasteiger partial charge in [0.05, 0.1) is 5.69 Å². The van der Waals surface area contributed by atoms with Crippen LogP contribution < -0.4 is 5.56 Å². The molecule has 0 spiro atoms. The van der Waals surface area contributed by atoms with Gasteiger partial charge in [0.15, 0.2) is 11.0 Å². The number of fused-ring (bicyclic) bond motifs is 1. The van der Waals surface area contributed by atoms with Crippen molar-refractivity contribution in [1.29, 1.82) is 0 Å². The molecule has 5 aromatic rings. The van der Waals surface area contributed by atoms with Crippen LogP contribution in [-0.2, 0) is 5.75 Å². The maximum absolute atomic E-state index is 12.4. The first-order valence-electron chi connectivity index (χ1n) is 9.97. The number of benzene rings is 2. The Labute approximate surface area is 193 Å². The first-order chi connectivity index (χ1) is 15.6. The highest BCUT2D eigenvalue weighted by atomic mass is 35.5. The van der Waals surface area contributed by atoms with Gasteiger partial charge in [-0.1, -0.05) is 59.3 Å². The van der Waals surface area contributed by atoms with Crippen LogP contribution in [0.25, 0.3) is 22.7 Å². The summed E-state index contributed by atoms with van der Waals surface area (Å²) in [6.07, 6.45) is 1.71. The van der Waals surface area contributed by atoms with Gasteiger partial charge in [-0.25, -0.2) is 4.98 Å². The number of hydrogen-bond donors (Lipinski definition) is 0. The van der Waals surface area contributed by atoms with E-state index in [4.69, 9.17) is 11.6 Å². The molecule has 3 aromatic heterocycles. The van der Waals surface area contributed by atoms with E-state index < -0.39 is 0 Å². The lowest BCUT2D eigenvalue weighted by atomic mass is 10.1. The van der Waals surface area contributed by atoms with Gasteiger partial charge in [0.1, 0.15) is 5.65 Å². The van der Waals surface area contributed by atoms with E-state index in [0.29, 0.717) is 27.3 Å². The fourth-order valence-corrected chi connectivity index (χ4v) is 4.36. The quantitative estimate of drug-likeness (QED) is 0.338. The molecule has 8 heteroatoms. The third kappa shape index (κ3) is 4.04. The van der Waals surface area contributed by atoms with E-state index in [1.165, 1.54) is 21.7 Å². The van der Waals surface area contributed by atoms with Crippen molar-refractivity contribution < 1.29 is 0 Å². The van der Waals surface area contributed by atoms with E-state index in [0.717, 1.165) is 17.1 Å². The molecule has 0 amide bonds. The smallest absolute Gasteiger partial charge is 0.258 e.